The second kappa shape index (κ2) is 14.1. The maximum absolute atomic E-state index is 13.6. The molecule has 0 aromatic heterocycles. The van der Waals surface area contributed by atoms with Gasteiger partial charge in [-0.05, 0) is 64.7 Å². The molecule has 0 saturated carbocycles. The van der Waals surface area contributed by atoms with Gasteiger partial charge in [0.05, 0.1) is 14.2 Å². The second-order valence-electron chi connectivity index (χ2n) is 10.8. The number of carbonyl (C=O) groups is 1. The first-order valence-corrected chi connectivity index (χ1v) is 14.6. The highest BCUT2D eigenvalue weighted by atomic mass is 16.5. The summed E-state index contributed by atoms with van der Waals surface area (Å²) >= 11 is 0. The van der Waals surface area contributed by atoms with Crippen LogP contribution in [0.1, 0.15) is 21.5 Å². The summed E-state index contributed by atoms with van der Waals surface area (Å²) in [5.74, 6) is -0.0575. The summed E-state index contributed by atoms with van der Waals surface area (Å²) in [5.41, 5.74) is 2.76. The third-order valence-electron chi connectivity index (χ3n) is 7.82. The molecule has 222 valence electrons. The zero-order valence-corrected chi connectivity index (χ0v) is 24.9. The van der Waals surface area contributed by atoms with Gasteiger partial charge < -0.3 is 30.5 Å². The van der Waals surface area contributed by atoms with Crippen LogP contribution in [0.15, 0.2) is 97.1 Å². The van der Waals surface area contributed by atoms with Crippen molar-refractivity contribution >= 4 is 27.5 Å². The number of nitrogens with one attached hydrogen (secondary N) is 3. The molecular weight excluding hydrogens is 538 g/mol. The predicted molar refractivity (Wildman–Crippen MR) is 173 cm³/mol. The average Bonchev–Trinajstić information content (AvgIpc) is 3.03. The molecule has 0 aliphatic heterocycles. The third-order valence-corrected chi connectivity index (χ3v) is 7.82. The number of likely N-dealkylation sites (N-methyl/N-ethyl adjacent to an activating group) is 1. The molecule has 0 fully saturated rings. The molecular formula is C36H39N3O4. The SMILES string of the molecule is CNC[C@@H](Cc1ccc2ccccc2c1)NC[C@H](Cc1cccc2ccccc12)NC(=O)c1cc(OC)c(O)c(OC)c1. The minimum Gasteiger partial charge on any atom is -0.502 e. The van der Waals surface area contributed by atoms with Crippen LogP contribution in [-0.4, -0.2) is 57.5 Å². The van der Waals surface area contributed by atoms with Crippen LogP contribution in [0.25, 0.3) is 21.5 Å². The van der Waals surface area contributed by atoms with Crippen molar-refractivity contribution < 1.29 is 19.4 Å². The zero-order chi connectivity index (χ0) is 30.2. The second-order valence-corrected chi connectivity index (χ2v) is 10.8. The van der Waals surface area contributed by atoms with Gasteiger partial charge in [-0.2, -0.15) is 0 Å². The van der Waals surface area contributed by atoms with Gasteiger partial charge in [-0.3, -0.25) is 4.79 Å². The molecule has 1 amide bonds. The molecule has 0 aliphatic rings. The molecule has 4 N–H and O–H groups in total. The predicted octanol–water partition coefficient (Wildman–Crippen LogP) is 5.48. The van der Waals surface area contributed by atoms with Crippen LogP contribution in [0.5, 0.6) is 17.2 Å². The molecule has 0 saturated heterocycles. The number of benzene rings is 5. The first-order chi connectivity index (χ1) is 21.0. The first kappa shape index (κ1) is 29.9. The molecule has 2 atom stereocenters. The van der Waals surface area contributed by atoms with Crippen LogP contribution in [0.3, 0.4) is 0 Å². The van der Waals surface area contributed by atoms with E-state index in [1.165, 1.54) is 48.1 Å². The number of amides is 1. The van der Waals surface area contributed by atoms with Crippen molar-refractivity contribution in [3.63, 3.8) is 0 Å². The molecule has 0 bridgehead atoms. The maximum atomic E-state index is 13.6. The Kier molecular flexibility index (Phi) is 9.77. The largest absolute Gasteiger partial charge is 0.502 e. The number of ether oxygens (including phenoxy) is 2. The van der Waals surface area contributed by atoms with Crippen LogP contribution in [0, 0.1) is 0 Å². The molecule has 5 aromatic rings. The van der Waals surface area contributed by atoms with Crippen molar-refractivity contribution in [2.24, 2.45) is 0 Å². The van der Waals surface area contributed by atoms with Gasteiger partial charge in [0.2, 0.25) is 5.75 Å². The van der Waals surface area contributed by atoms with E-state index in [1.807, 2.05) is 19.2 Å². The van der Waals surface area contributed by atoms with Crippen LogP contribution in [0.2, 0.25) is 0 Å². The van der Waals surface area contributed by atoms with E-state index in [9.17, 15) is 9.90 Å². The number of phenolic OH excluding ortho intramolecular Hbond substituents is 1. The molecule has 5 aromatic carbocycles. The number of carbonyl (C=O) groups excluding carboxylic acids is 1. The minimum absolute atomic E-state index is 0.140. The normalized spacial score (nSPS) is 12.6. The molecule has 7 nitrogen and oxygen atoms in total. The molecule has 0 spiro atoms. The van der Waals surface area contributed by atoms with E-state index in [0.717, 1.165) is 23.9 Å². The fourth-order valence-corrected chi connectivity index (χ4v) is 5.63. The number of fused-ring (bicyclic) bond motifs is 2. The third kappa shape index (κ3) is 7.25. The Morgan fingerprint density at radius 2 is 1.42 bits per heavy atom. The monoisotopic (exact) mass is 577 g/mol. The Morgan fingerprint density at radius 1 is 0.744 bits per heavy atom. The summed E-state index contributed by atoms with van der Waals surface area (Å²) < 4.78 is 10.6. The summed E-state index contributed by atoms with van der Waals surface area (Å²) in [6.07, 6.45) is 1.47. The molecule has 0 aliphatic carbocycles. The molecule has 0 radical (unpaired) electrons. The fraction of sp³-hybridized carbons (Fsp3) is 0.250. The van der Waals surface area contributed by atoms with E-state index in [1.54, 1.807) is 0 Å². The summed E-state index contributed by atoms with van der Waals surface area (Å²) in [6, 6.07) is 32.6. The fourth-order valence-electron chi connectivity index (χ4n) is 5.63. The van der Waals surface area contributed by atoms with Gasteiger partial charge in [-0.1, -0.05) is 84.9 Å². The summed E-state index contributed by atoms with van der Waals surface area (Å²) in [6.45, 7) is 1.33. The number of phenols is 1. The first-order valence-electron chi connectivity index (χ1n) is 14.6. The highest BCUT2D eigenvalue weighted by Crippen LogP contribution is 2.37. The highest BCUT2D eigenvalue weighted by molar-refractivity contribution is 5.96. The molecule has 7 heteroatoms. The van der Waals surface area contributed by atoms with E-state index in [2.05, 4.69) is 88.7 Å². The van der Waals surface area contributed by atoms with Crippen LogP contribution in [0.4, 0.5) is 0 Å². The zero-order valence-electron chi connectivity index (χ0n) is 24.9. The lowest BCUT2D eigenvalue weighted by Crippen LogP contribution is -2.48. The quantitative estimate of drug-likeness (QED) is 0.148. The Balaban J connectivity index is 1.38. The Labute approximate surface area is 252 Å². The molecule has 5 rings (SSSR count). The minimum atomic E-state index is -0.275. The number of hydrogen-bond donors (Lipinski definition) is 4. The maximum Gasteiger partial charge on any atom is 0.251 e. The number of aromatic hydroxyl groups is 1. The van der Waals surface area contributed by atoms with Gasteiger partial charge in [0, 0.05) is 30.7 Å². The van der Waals surface area contributed by atoms with Crippen molar-refractivity contribution in [2.75, 3.05) is 34.4 Å². The van der Waals surface area contributed by atoms with E-state index in [-0.39, 0.29) is 35.2 Å². The molecule has 43 heavy (non-hydrogen) atoms. The Morgan fingerprint density at radius 3 is 2.14 bits per heavy atom. The molecule has 0 unspecified atom stereocenters. The van der Waals surface area contributed by atoms with Crippen LogP contribution < -0.4 is 25.4 Å². The number of rotatable bonds is 13. The number of methoxy groups -OCH3 is 2. The summed E-state index contributed by atoms with van der Waals surface area (Å²) in [4.78, 5) is 13.6. The van der Waals surface area contributed by atoms with Crippen LogP contribution >= 0.6 is 0 Å². The van der Waals surface area contributed by atoms with Gasteiger partial charge >= 0.3 is 0 Å². The van der Waals surface area contributed by atoms with E-state index >= 15 is 0 Å². The van der Waals surface area contributed by atoms with Crippen molar-refractivity contribution in [3.8, 4) is 17.2 Å². The Bertz CT molecular complexity index is 1670. The van der Waals surface area contributed by atoms with Gasteiger partial charge in [0.15, 0.2) is 11.5 Å². The van der Waals surface area contributed by atoms with E-state index < -0.39 is 0 Å². The topological polar surface area (TPSA) is 91.9 Å². The van der Waals surface area contributed by atoms with Crippen molar-refractivity contribution in [1.82, 2.24) is 16.0 Å². The van der Waals surface area contributed by atoms with E-state index in [0.29, 0.717) is 18.5 Å². The van der Waals surface area contributed by atoms with Crippen molar-refractivity contribution in [1.29, 1.82) is 0 Å². The van der Waals surface area contributed by atoms with Crippen LogP contribution in [-0.2, 0) is 12.8 Å². The lowest BCUT2D eigenvalue weighted by atomic mass is 9.97. The lowest BCUT2D eigenvalue weighted by Gasteiger charge is -2.25. The van der Waals surface area contributed by atoms with E-state index in [4.69, 9.17) is 9.47 Å². The van der Waals surface area contributed by atoms with Crippen molar-refractivity contribution in [2.45, 2.75) is 24.9 Å². The lowest BCUT2D eigenvalue weighted by molar-refractivity contribution is 0.0935. The highest BCUT2D eigenvalue weighted by Gasteiger charge is 2.21. The standard InChI is InChI=1S/C36H39N3O4/c1-37-22-30(18-24-15-16-25-9-4-5-11-27(25)17-24)38-23-31(19-28-13-8-12-26-10-6-7-14-32(26)28)39-36(41)29-20-33(42-2)35(40)34(21-29)43-3/h4-17,20-21,30-31,37-38,40H,18-19,22-23H2,1-3H3,(H,39,41)/t30-,31+/m1/s1. The average molecular weight is 578 g/mol. The van der Waals surface area contributed by atoms with Crippen molar-refractivity contribution in [3.05, 3.63) is 114 Å². The number of hydrogen-bond acceptors (Lipinski definition) is 6. The van der Waals surface area contributed by atoms with Gasteiger partial charge in [-0.15, -0.1) is 0 Å². The van der Waals surface area contributed by atoms with Gasteiger partial charge in [0.25, 0.3) is 5.91 Å². The summed E-state index contributed by atoms with van der Waals surface area (Å²) in [5, 5.41) is 25.4. The summed E-state index contributed by atoms with van der Waals surface area (Å²) in [7, 11) is 4.84. The smallest absolute Gasteiger partial charge is 0.251 e. The molecule has 0 heterocycles. The van der Waals surface area contributed by atoms with Gasteiger partial charge in [0.1, 0.15) is 0 Å². The van der Waals surface area contributed by atoms with Gasteiger partial charge in [-0.25, -0.2) is 0 Å². The Hall–Kier alpha value is -4.59.